The number of rotatable bonds is 6. The van der Waals surface area contributed by atoms with E-state index in [-0.39, 0.29) is 36.1 Å². The Balaban J connectivity index is 0.00000264. The van der Waals surface area contributed by atoms with Crippen molar-refractivity contribution in [3.8, 4) is 0 Å². The van der Waals surface area contributed by atoms with Gasteiger partial charge in [0.1, 0.15) is 11.4 Å². The number of aliphatic imine (C=N–C) groups is 1. The topological polar surface area (TPSA) is 79.0 Å². The molecule has 132 valence electrons. The summed E-state index contributed by atoms with van der Waals surface area (Å²) >= 11 is 0. The van der Waals surface area contributed by atoms with Gasteiger partial charge in [0.05, 0.1) is 18.4 Å². The van der Waals surface area contributed by atoms with E-state index in [0.717, 1.165) is 26.0 Å². The molecule has 7 heteroatoms. The molecule has 2 atom stereocenters. The highest BCUT2D eigenvalue weighted by atomic mass is 127. The number of nitrogens with zero attached hydrogens (tertiary/aromatic N) is 1. The van der Waals surface area contributed by atoms with Crippen LogP contribution in [0.25, 0.3) is 0 Å². The van der Waals surface area contributed by atoms with Crippen LogP contribution in [0.1, 0.15) is 39.4 Å². The average Bonchev–Trinajstić information content (AvgIpc) is 3.14. The van der Waals surface area contributed by atoms with E-state index >= 15 is 0 Å². The molecule has 2 rings (SSSR count). The van der Waals surface area contributed by atoms with Crippen LogP contribution in [0.5, 0.6) is 0 Å². The summed E-state index contributed by atoms with van der Waals surface area (Å²) in [5, 5.41) is 16.9. The molecular weight excluding hydrogens is 409 g/mol. The van der Waals surface area contributed by atoms with Crippen LogP contribution in [0.2, 0.25) is 0 Å². The minimum atomic E-state index is -1.13. The number of ether oxygens (including phenoxy) is 1. The summed E-state index contributed by atoms with van der Waals surface area (Å²) in [4.78, 5) is 4.46. The van der Waals surface area contributed by atoms with Gasteiger partial charge >= 0.3 is 0 Å². The van der Waals surface area contributed by atoms with Crippen molar-refractivity contribution in [2.75, 3.05) is 26.2 Å². The number of nitrogens with one attached hydrogen (secondary N) is 2. The molecule has 3 N–H and O–H groups in total. The third-order valence-electron chi connectivity index (χ3n) is 3.87. The highest BCUT2D eigenvalue weighted by Gasteiger charge is 2.30. The monoisotopic (exact) mass is 437 g/mol. The molecule has 0 saturated carbocycles. The quantitative estimate of drug-likeness (QED) is 0.362. The smallest absolute Gasteiger partial charge is 0.191 e. The Hall–Kier alpha value is -0.800. The Kier molecular flexibility index (Phi) is 7.82. The Morgan fingerprint density at radius 2 is 2.26 bits per heavy atom. The fraction of sp³-hybridized carbons (Fsp3) is 0.688. The molecular formula is C16H28IN3O3. The maximum absolute atomic E-state index is 10.4. The van der Waals surface area contributed by atoms with Gasteiger partial charge in [0.15, 0.2) is 5.96 Å². The Bertz CT molecular complexity index is 483. The largest absolute Gasteiger partial charge is 0.466 e. The zero-order chi connectivity index (χ0) is 16.1. The molecule has 1 aliphatic rings. The zero-order valence-corrected chi connectivity index (χ0v) is 16.4. The van der Waals surface area contributed by atoms with Crippen LogP contribution < -0.4 is 10.6 Å². The van der Waals surface area contributed by atoms with Crippen molar-refractivity contribution in [3.63, 3.8) is 0 Å². The van der Waals surface area contributed by atoms with E-state index in [0.29, 0.717) is 18.3 Å². The first kappa shape index (κ1) is 20.2. The molecule has 0 aliphatic carbocycles. The second-order valence-corrected chi connectivity index (χ2v) is 6.20. The molecule has 1 saturated heterocycles. The molecule has 1 aromatic heterocycles. The van der Waals surface area contributed by atoms with E-state index in [1.165, 1.54) is 0 Å². The molecule has 1 fully saturated rings. The van der Waals surface area contributed by atoms with Gasteiger partial charge in [-0.1, -0.05) is 0 Å². The standard InChI is InChI=1S/C16H27N3O3.HI/c1-4-17-14(18-11-15(2)8-6-10-22-15)19-12-16(3,20)13-7-5-9-21-13;/h5,7,9,20H,4,6,8,10-12H2,1-3H3,(H2,17,18,19);1H. The van der Waals surface area contributed by atoms with Crippen LogP contribution in [0, 0.1) is 0 Å². The van der Waals surface area contributed by atoms with Crippen LogP contribution in [-0.4, -0.2) is 42.9 Å². The van der Waals surface area contributed by atoms with E-state index < -0.39 is 5.60 Å². The van der Waals surface area contributed by atoms with Crippen molar-refractivity contribution in [2.45, 2.75) is 44.8 Å². The number of guanidine groups is 1. The van der Waals surface area contributed by atoms with Gasteiger partial charge in [-0.05, 0) is 45.7 Å². The number of aliphatic hydroxyl groups is 1. The van der Waals surface area contributed by atoms with Crippen molar-refractivity contribution in [2.24, 2.45) is 4.99 Å². The molecule has 2 unspecified atom stereocenters. The van der Waals surface area contributed by atoms with Gasteiger partial charge in [-0.3, -0.25) is 0 Å². The lowest BCUT2D eigenvalue weighted by atomic mass is 10.0. The highest BCUT2D eigenvalue weighted by molar-refractivity contribution is 14.0. The van der Waals surface area contributed by atoms with Gasteiger partial charge in [-0.25, -0.2) is 4.99 Å². The predicted molar refractivity (Wildman–Crippen MR) is 101 cm³/mol. The Morgan fingerprint density at radius 3 is 2.83 bits per heavy atom. The van der Waals surface area contributed by atoms with Gasteiger partial charge < -0.3 is 24.9 Å². The Labute approximate surface area is 155 Å². The second kappa shape index (κ2) is 8.89. The van der Waals surface area contributed by atoms with E-state index in [1.807, 2.05) is 6.92 Å². The molecule has 0 radical (unpaired) electrons. The molecule has 23 heavy (non-hydrogen) atoms. The summed E-state index contributed by atoms with van der Waals surface area (Å²) in [5.74, 6) is 1.18. The van der Waals surface area contributed by atoms with E-state index in [1.54, 1.807) is 25.3 Å². The first-order valence-corrected chi connectivity index (χ1v) is 7.88. The predicted octanol–water partition coefficient (Wildman–Crippen LogP) is 2.23. The third-order valence-corrected chi connectivity index (χ3v) is 3.87. The van der Waals surface area contributed by atoms with E-state index in [9.17, 15) is 5.11 Å². The summed E-state index contributed by atoms with van der Waals surface area (Å²) in [5.41, 5.74) is -1.26. The average molecular weight is 437 g/mol. The lowest BCUT2D eigenvalue weighted by molar-refractivity contribution is 0.0241. The van der Waals surface area contributed by atoms with Gasteiger partial charge in [-0.2, -0.15) is 0 Å². The molecule has 0 aromatic carbocycles. The van der Waals surface area contributed by atoms with Crippen molar-refractivity contribution >= 4 is 29.9 Å². The summed E-state index contributed by atoms with van der Waals surface area (Å²) in [7, 11) is 0. The third kappa shape index (κ3) is 5.96. The van der Waals surface area contributed by atoms with Gasteiger partial charge in [-0.15, -0.1) is 24.0 Å². The molecule has 1 aromatic rings. The van der Waals surface area contributed by atoms with Crippen molar-refractivity contribution in [1.82, 2.24) is 10.6 Å². The van der Waals surface area contributed by atoms with Crippen molar-refractivity contribution in [1.29, 1.82) is 0 Å². The van der Waals surface area contributed by atoms with Gasteiger partial charge in [0.2, 0.25) is 0 Å². The normalized spacial score (nSPS) is 23.9. The molecule has 1 aliphatic heterocycles. The summed E-state index contributed by atoms with van der Waals surface area (Å²) in [6, 6.07) is 3.51. The van der Waals surface area contributed by atoms with Crippen molar-refractivity contribution in [3.05, 3.63) is 24.2 Å². The maximum atomic E-state index is 10.4. The summed E-state index contributed by atoms with van der Waals surface area (Å²) in [6.45, 7) is 8.30. The number of furan rings is 1. The molecule has 0 bridgehead atoms. The highest BCUT2D eigenvalue weighted by Crippen LogP contribution is 2.24. The fourth-order valence-corrected chi connectivity index (χ4v) is 2.48. The van der Waals surface area contributed by atoms with Crippen LogP contribution in [0.15, 0.2) is 27.8 Å². The molecule has 2 heterocycles. The lowest BCUT2D eigenvalue weighted by Gasteiger charge is -2.25. The van der Waals surface area contributed by atoms with Crippen LogP contribution in [0.3, 0.4) is 0 Å². The number of hydrogen-bond donors (Lipinski definition) is 3. The van der Waals surface area contributed by atoms with Gasteiger partial charge in [0.25, 0.3) is 0 Å². The first-order valence-electron chi connectivity index (χ1n) is 7.88. The van der Waals surface area contributed by atoms with Crippen LogP contribution in [0.4, 0.5) is 0 Å². The first-order chi connectivity index (χ1) is 10.5. The minimum Gasteiger partial charge on any atom is -0.466 e. The Morgan fingerprint density at radius 1 is 1.48 bits per heavy atom. The lowest BCUT2D eigenvalue weighted by Crippen LogP contribution is -2.46. The summed E-state index contributed by atoms with van der Waals surface area (Å²) < 4.78 is 11.0. The number of hydrogen-bond acceptors (Lipinski definition) is 4. The SMILES string of the molecule is CCNC(=NCC(C)(O)c1ccco1)NCC1(C)CCCO1.I. The molecule has 0 amide bonds. The van der Waals surface area contributed by atoms with E-state index in [4.69, 9.17) is 9.15 Å². The van der Waals surface area contributed by atoms with Crippen molar-refractivity contribution < 1.29 is 14.3 Å². The zero-order valence-electron chi connectivity index (χ0n) is 14.1. The van der Waals surface area contributed by atoms with E-state index in [2.05, 4.69) is 22.5 Å². The van der Waals surface area contributed by atoms with Crippen LogP contribution in [-0.2, 0) is 10.3 Å². The maximum Gasteiger partial charge on any atom is 0.191 e. The number of halogens is 1. The van der Waals surface area contributed by atoms with Crippen LogP contribution >= 0.6 is 24.0 Å². The second-order valence-electron chi connectivity index (χ2n) is 6.20. The fourth-order valence-electron chi connectivity index (χ4n) is 2.48. The van der Waals surface area contributed by atoms with Gasteiger partial charge in [0, 0.05) is 19.7 Å². The molecule has 6 nitrogen and oxygen atoms in total. The summed E-state index contributed by atoms with van der Waals surface area (Å²) in [6.07, 6.45) is 3.69. The minimum absolute atomic E-state index is 0. The molecule has 0 spiro atoms.